The van der Waals surface area contributed by atoms with E-state index in [1.54, 1.807) is 0 Å². The van der Waals surface area contributed by atoms with Crippen LogP contribution in [0.25, 0.3) is 0 Å². The van der Waals surface area contributed by atoms with Gasteiger partial charge in [-0.2, -0.15) is 15.6 Å². The first-order valence-electron chi connectivity index (χ1n) is 1.46. The minimum atomic E-state index is -5.39. The molecular weight excluding hydrogens is 337 g/mol. The average molecular weight is 340 g/mol. The van der Waals surface area contributed by atoms with Crippen LogP contribution >= 0.6 is 15.6 Å². The molecule has 0 aliphatic carbocycles. The summed E-state index contributed by atoms with van der Waals surface area (Å²) in [4.78, 5) is 51.3. The van der Waals surface area contributed by atoms with Crippen molar-refractivity contribution in [2.45, 2.75) is 0 Å². The maximum absolute atomic E-state index is 8.55. The monoisotopic (exact) mass is 340 g/mol. The molecule has 14 heavy (non-hydrogen) atoms. The molecule has 0 saturated heterocycles. The molecule has 8 nitrogen and oxygen atoms in total. The van der Waals surface area contributed by atoms with E-state index in [1.165, 1.54) is 0 Å². The predicted molar refractivity (Wildman–Crippen MR) is 42.4 cm³/mol. The molecule has 0 aromatic carbocycles. The van der Waals surface area contributed by atoms with Crippen LogP contribution in [0.15, 0.2) is 0 Å². The number of hydrogen-bond acceptors (Lipinski definition) is 8. The van der Waals surface area contributed by atoms with E-state index in [-0.39, 0.29) is 131 Å². The molecular formula is H3AlCa3O8P2. The molecule has 0 aromatic heterocycles. The van der Waals surface area contributed by atoms with Crippen molar-refractivity contribution in [3.63, 3.8) is 0 Å². The van der Waals surface area contributed by atoms with Crippen molar-refractivity contribution in [1.29, 1.82) is 0 Å². The SMILES string of the molecule is O=P([O-])([O-])[O-].O=P([O-])([O-])[O-].[AlH3].[Ca+2].[Ca+2].[Ca+2]. The van der Waals surface area contributed by atoms with E-state index in [2.05, 4.69) is 0 Å². The molecule has 0 amide bonds. The Morgan fingerprint density at radius 3 is 0.571 bits per heavy atom. The number of rotatable bonds is 0. The molecule has 0 unspecified atom stereocenters. The maximum Gasteiger partial charge on any atom is 2.00 e. The van der Waals surface area contributed by atoms with Crippen molar-refractivity contribution >= 4 is 146 Å². The Morgan fingerprint density at radius 1 is 0.571 bits per heavy atom. The quantitative estimate of drug-likeness (QED) is 0.309. The summed E-state index contributed by atoms with van der Waals surface area (Å²) in [5.41, 5.74) is 0. The number of phosphoric acid groups is 2. The predicted octanol–water partition coefficient (Wildman–Crippen LogP) is -7.98. The van der Waals surface area contributed by atoms with Crippen LogP contribution in [0.1, 0.15) is 0 Å². The molecule has 0 heterocycles. The molecule has 0 spiro atoms. The Morgan fingerprint density at radius 2 is 0.571 bits per heavy atom. The smallest absolute Gasteiger partial charge is 0.822 e. The van der Waals surface area contributed by atoms with Crippen molar-refractivity contribution in [3.8, 4) is 0 Å². The van der Waals surface area contributed by atoms with Gasteiger partial charge in [-0.3, -0.25) is 0 Å². The summed E-state index contributed by atoms with van der Waals surface area (Å²) in [5.74, 6) is 0. The first-order valence-corrected chi connectivity index (χ1v) is 4.38. The van der Waals surface area contributed by atoms with Gasteiger partial charge in [0, 0.05) is 0 Å². The van der Waals surface area contributed by atoms with E-state index in [1.807, 2.05) is 0 Å². The third-order valence-electron chi connectivity index (χ3n) is 0. The third kappa shape index (κ3) is 194. The van der Waals surface area contributed by atoms with Gasteiger partial charge >= 0.3 is 113 Å². The Bertz CT molecular complexity index is 135. The summed E-state index contributed by atoms with van der Waals surface area (Å²) in [7, 11) is -10.8. The molecule has 0 saturated carbocycles. The van der Waals surface area contributed by atoms with Gasteiger partial charge in [-0.15, -0.1) is 0 Å². The zero-order chi connectivity index (χ0) is 9.00. The maximum atomic E-state index is 8.55. The van der Waals surface area contributed by atoms with Crippen LogP contribution in [0.3, 0.4) is 0 Å². The fourth-order valence-corrected chi connectivity index (χ4v) is 0. The first-order chi connectivity index (χ1) is 4.00. The molecule has 0 aliphatic heterocycles. The molecule has 0 atom stereocenters. The van der Waals surface area contributed by atoms with Crippen LogP contribution in [0.4, 0.5) is 0 Å². The van der Waals surface area contributed by atoms with E-state index in [9.17, 15) is 0 Å². The Kier molecular flexibility index (Phi) is 45.4. The van der Waals surface area contributed by atoms with Gasteiger partial charge < -0.3 is 38.5 Å². The summed E-state index contributed by atoms with van der Waals surface area (Å²) in [6.45, 7) is 0. The van der Waals surface area contributed by atoms with Crippen LogP contribution in [0, 0.1) is 0 Å². The second kappa shape index (κ2) is 17.5. The minimum Gasteiger partial charge on any atom is -0.822 e. The van der Waals surface area contributed by atoms with Crippen LogP contribution in [-0.4, -0.2) is 131 Å². The summed E-state index contributed by atoms with van der Waals surface area (Å²) >= 11 is 0. The fourth-order valence-electron chi connectivity index (χ4n) is 0. The third-order valence-corrected chi connectivity index (χ3v) is 0. The van der Waals surface area contributed by atoms with Gasteiger partial charge in [0.05, 0.1) is 0 Å². The fraction of sp³-hybridized carbons (Fsp3) is 0. The van der Waals surface area contributed by atoms with Crippen molar-refractivity contribution in [1.82, 2.24) is 0 Å². The molecule has 14 heteroatoms. The standard InChI is InChI=1S/Al.3Ca.2H3O4P.3H/c;;;;2*1-5(2,3)4;;;/h;;;;2*(H3,1,2,3,4);;;/q;3*+2;;;;;/p-6. The van der Waals surface area contributed by atoms with Crippen LogP contribution < -0.4 is 29.4 Å². The second-order valence-corrected chi connectivity index (χ2v) is 2.68. The van der Waals surface area contributed by atoms with Crippen LogP contribution in [0.2, 0.25) is 0 Å². The van der Waals surface area contributed by atoms with Gasteiger partial charge in [-0.1, -0.05) is 0 Å². The normalized spacial score (nSPS) is 8.43. The first kappa shape index (κ1) is 36.3. The molecule has 0 bridgehead atoms. The summed E-state index contributed by atoms with van der Waals surface area (Å²) in [5, 5.41) is 0. The zero-order valence-electron chi connectivity index (χ0n) is 6.28. The number of hydrogen-bond donors (Lipinski definition) is 0. The molecule has 0 rings (SSSR count). The molecule has 0 aromatic rings. The van der Waals surface area contributed by atoms with Crippen LogP contribution in [-0.2, 0) is 9.13 Å². The van der Waals surface area contributed by atoms with Crippen molar-refractivity contribution in [2.75, 3.05) is 0 Å². The molecule has 0 fully saturated rings. The van der Waals surface area contributed by atoms with E-state index in [0.29, 0.717) is 0 Å². The summed E-state index contributed by atoms with van der Waals surface area (Å²) in [6, 6.07) is 0. The Hall–Kier alpha value is 4.53. The van der Waals surface area contributed by atoms with E-state index in [0.717, 1.165) is 0 Å². The Labute approximate surface area is 180 Å². The molecule has 0 aliphatic rings. The van der Waals surface area contributed by atoms with Crippen molar-refractivity contribution in [2.24, 2.45) is 0 Å². The average Bonchev–Trinajstić information content (AvgIpc) is 1.12. The molecule has 0 radical (unpaired) electrons. The van der Waals surface area contributed by atoms with E-state index >= 15 is 0 Å². The molecule has 0 N–H and O–H groups in total. The van der Waals surface area contributed by atoms with Gasteiger partial charge in [-0.05, 0) is 0 Å². The summed E-state index contributed by atoms with van der Waals surface area (Å²) in [6.07, 6.45) is 0. The Balaban J connectivity index is -0.0000000178. The van der Waals surface area contributed by atoms with E-state index in [4.69, 9.17) is 38.5 Å². The molecule has 70 valence electrons. The minimum absolute atomic E-state index is 0. The van der Waals surface area contributed by atoms with Gasteiger partial charge in [-0.25, -0.2) is 0 Å². The van der Waals surface area contributed by atoms with Crippen molar-refractivity contribution < 1.29 is 38.5 Å². The largest absolute Gasteiger partial charge is 2.00 e. The van der Waals surface area contributed by atoms with Gasteiger partial charge in [0.15, 0.2) is 17.4 Å². The van der Waals surface area contributed by atoms with Gasteiger partial charge in [0.2, 0.25) is 0 Å². The van der Waals surface area contributed by atoms with Gasteiger partial charge in [0.25, 0.3) is 0 Å². The van der Waals surface area contributed by atoms with Gasteiger partial charge in [0.1, 0.15) is 0 Å². The second-order valence-electron chi connectivity index (χ2n) is 0.894. The summed E-state index contributed by atoms with van der Waals surface area (Å²) < 4.78 is 17.1. The zero-order valence-corrected chi connectivity index (χ0v) is 14.7. The topological polar surface area (TPSA) is 172 Å². The van der Waals surface area contributed by atoms with E-state index < -0.39 is 15.6 Å². The van der Waals surface area contributed by atoms with Crippen LogP contribution in [0.5, 0.6) is 0 Å². The van der Waals surface area contributed by atoms with Crippen molar-refractivity contribution in [3.05, 3.63) is 0 Å².